The average molecular weight is 222 g/mol. The summed E-state index contributed by atoms with van der Waals surface area (Å²) >= 11 is 0. The van der Waals surface area contributed by atoms with Crippen molar-refractivity contribution < 1.29 is 19.1 Å². The molecule has 84 valence electrons. The third kappa shape index (κ3) is 1.41. The zero-order chi connectivity index (χ0) is 11.9. The Labute approximate surface area is 91.9 Å². The molecule has 4 heteroatoms. The summed E-state index contributed by atoms with van der Waals surface area (Å²) < 4.78 is 13.2. The Morgan fingerprint density at radius 2 is 2.12 bits per heavy atom. The first kappa shape index (κ1) is 10.8. The molecule has 0 unspecified atom stereocenters. The second-order valence-corrected chi connectivity index (χ2v) is 4.19. The number of aryl methyl sites for hydroxylation is 1. The second-order valence-electron chi connectivity index (χ2n) is 4.19. The van der Waals surface area contributed by atoms with Gasteiger partial charge in [-0.05, 0) is 37.0 Å². The van der Waals surface area contributed by atoms with Crippen molar-refractivity contribution in [3.8, 4) is 0 Å². The van der Waals surface area contributed by atoms with Crippen molar-refractivity contribution in [1.29, 1.82) is 0 Å². The maximum atomic E-state index is 13.2. The van der Waals surface area contributed by atoms with Crippen LogP contribution in [-0.2, 0) is 10.2 Å². The second kappa shape index (κ2) is 3.40. The van der Waals surface area contributed by atoms with E-state index in [0.717, 1.165) is 6.07 Å². The van der Waals surface area contributed by atoms with Gasteiger partial charge in [-0.15, -0.1) is 0 Å². The highest BCUT2D eigenvalue weighted by Gasteiger charge is 2.52. The van der Waals surface area contributed by atoms with Crippen molar-refractivity contribution in [2.75, 3.05) is 0 Å². The van der Waals surface area contributed by atoms with Gasteiger partial charge in [0.2, 0.25) is 0 Å². The van der Waals surface area contributed by atoms with Crippen LogP contribution in [0.4, 0.5) is 4.39 Å². The smallest absolute Gasteiger partial charge is 0.314 e. The highest BCUT2D eigenvalue weighted by molar-refractivity contribution is 5.90. The van der Waals surface area contributed by atoms with Crippen LogP contribution in [0.3, 0.4) is 0 Å². The SMILES string of the molecule is Cc1cc(C2(C(=O)O)CC2)c(C=O)cc1F. The molecule has 1 aromatic carbocycles. The number of carbonyl (C=O) groups is 2. The Hall–Kier alpha value is -1.71. The third-order valence-corrected chi connectivity index (χ3v) is 3.13. The largest absolute Gasteiger partial charge is 0.481 e. The number of carboxylic acid groups (broad SMARTS) is 1. The lowest BCUT2D eigenvalue weighted by molar-refractivity contribution is -0.140. The van der Waals surface area contributed by atoms with Gasteiger partial charge in [-0.3, -0.25) is 9.59 Å². The zero-order valence-electron chi connectivity index (χ0n) is 8.79. The minimum atomic E-state index is -0.964. The van der Waals surface area contributed by atoms with Gasteiger partial charge in [-0.2, -0.15) is 0 Å². The van der Waals surface area contributed by atoms with Gasteiger partial charge >= 0.3 is 5.97 Å². The van der Waals surface area contributed by atoms with Crippen molar-refractivity contribution in [1.82, 2.24) is 0 Å². The number of rotatable bonds is 3. The van der Waals surface area contributed by atoms with E-state index in [1.807, 2.05) is 0 Å². The summed E-state index contributed by atoms with van der Waals surface area (Å²) in [5.74, 6) is -1.42. The van der Waals surface area contributed by atoms with Gasteiger partial charge < -0.3 is 5.11 Å². The lowest BCUT2D eigenvalue weighted by Gasteiger charge is -2.14. The summed E-state index contributed by atoms with van der Waals surface area (Å²) in [6.45, 7) is 1.56. The fraction of sp³-hybridized carbons (Fsp3) is 0.333. The predicted molar refractivity (Wildman–Crippen MR) is 55.1 cm³/mol. The molecule has 0 bridgehead atoms. The molecule has 2 rings (SSSR count). The van der Waals surface area contributed by atoms with E-state index in [1.165, 1.54) is 6.07 Å². The molecule has 1 aliphatic carbocycles. The van der Waals surface area contributed by atoms with Crippen molar-refractivity contribution in [2.45, 2.75) is 25.2 Å². The van der Waals surface area contributed by atoms with Crippen LogP contribution in [0.1, 0.15) is 34.3 Å². The maximum absolute atomic E-state index is 13.2. The quantitative estimate of drug-likeness (QED) is 0.796. The molecular weight excluding hydrogens is 211 g/mol. The number of benzene rings is 1. The van der Waals surface area contributed by atoms with Crippen LogP contribution in [0, 0.1) is 12.7 Å². The van der Waals surface area contributed by atoms with E-state index in [1.54, 1.807) is 6.92 Å². The first-order valence-electron chi connectivity index (χ1n) is 5.00. The third-order valence-electron chi connectivity index (χ3n) is 3.13. The summed E-state index contributed by atoms with van der Waals surface area (Å²) in [6.07, 6.45) is 1.53. The summed E-state index contributed by atoms with van der Waals surface area (Å²) in [4.78, 5) is 22.0. The Morgan fingerprint density at radius 3 is 2.56 bits per heavy atom. The average Bonchev–Trinajstić information content (AvgIpc) is 3.02. The van der Waals surface area contributed by atoms with Gasteiger partial charge in [0, 0.05) is 5.56 Å². The van der Waals surface area contributed by atoms with Gasteiger partial charge in [-0.25, -0.2) is 4.39 Å². The summed E-state index contributed by atoms with van der Waals surface area (Å²) in [6, 6.07) is 2.58. The molecule has 0 heterocycles. The fourth-order valence-corrected chi connectivity index (χ4v) is 1.93. The lowest BCUT2D eigenvalue weighted by Crippen LogP contribution is -2.21. The molecule has 1 fully saturated rings. The molecule has 0 radical (unpaired) electrons. The molecule has 0 aliphatic heterocycles. The van der Waals surface area contributed by atoms with E-state index < -0.39 is 17.2 Å². The standard InChI is InChI=1S/C12H11FO3/c1-7-4-9(8(6-14)5-10(7)13)12(2-3-12)11(15)16/h4-6H,2-3H2,1H3,(H,15,16). The lowest BCUT2D eigenvalue weighted by atomic mass is 9.90. The van der Waals surface area contributed by atoms with Gasteiger partial charge in [0.05, 0.1) is 5.41 Å². The van der Waals surface area contributed by atoms with Crippen LogP contribution in [0.15, 0.2) is 12.1 Å². The first-order valence-corrected chi connectivity index (χ1v) is 5.00. The number of aliphatic carboxylic acids is 1. The molecule has 0 amide bonds. The summed E-state index contributed by atoms with van der Waals surface area (Å²) in [5, 5.41) is 9.13. The van der Waals surface area contributed by atoms with Crippen LogP contribution in [-0.4, -0.2) is 17.4 Å². The van der Waals surface area contributed by atoms with Crippen molar-refractivity contribution in [3.05, 3.63) is 34.6 Å². The van der Waals surface area contributed by atoms with Gasteiger partial charge in [-0.1, -0.05) is 6.07 Å². The molecule has 1 N–H and O–H groups in total. The Morgan fingerprint density at radius 1 is 1.50 bits per heavy atom. The van der Waals surface area contributed by atoms with E-state index in [4.69, 9.17) is 5.11 Å². The minimum absolute atomic E-state index is 0.142. The monoisotopic (exact) mass is 222 g/mol. The van der Waals surface area contributed by atoms with E-state index in [0.29, 0.717) is 30.3 Å². The molecule has 0 aromatic heterocycles. The number of aldehydes is 1. The number of carboxylic acids is 1. The van der Waals surface area contributed by atoms with Crippen molar-refractivity contribution in [2.24, 2.45) is 0 Å². The molecule has 3 nitrogen and oxygen atoms in total. The Balaban J connectivity index is 2.60. The highest BCUT2D eigenvalue weighted by Crippen LogP contribution is 2.49. The molecule has 0 saturated heterocycles. The van der Waals surface area contributed by atoms with Crippen LogP contribution in [0.5, 0.6) is 0 Å². The molecular formula is C12H11FO3. The summed E-state index contributed by atoms with van der Waals surface area (Å²) in [7, 11) is 0. The first-order chi connectivity index (χ1) is 7.51. The van der Waals surface area contributed by atoms with Gasteiger partial charge in [0.1, 0.15) is 12.1 Å². The Kier molecular flexibility index (Phi) is 2.30. The number of carbonyl (C=O) groups excluding carboxylic acids is 1. The Bertz CT molecular complexity index is 475. The van der Waals surface area contributed by atoms with Crippen molar-refractivity contribution >= 4 is 12.3 Å². The van der Waals surface area contributed by atoms with E-state index >= 15 is 0 Å². The van der Waals surface area contributed by atoms with Crippen LogP contribution in [0.25, 0.3) is 0 Å². The normalized spacial score (nSPS) is 16.9. The zero-order valence-corrected chi connectivity index (χ0v) is 8.79. The van der Waals surface area contributed by atoms with Crippen LogP contribution in [0.2, 0.25) is 0 Å². The molecule has 0 spiro atoms. The molecule has 1 aliphatic rings. The topological polar surface area (TPSA) is 54.4 Å². The number of halogens is 1. The fourth-order valence-electron chi connectivity index (χ4n) is 1.93. The maximum Gasteiger partial charge on any atom is 0.314 e. The van der Waals surface area contributed by atoms with Gasteiger partial charge in [0.15, 0.2) is 0 Å². The molecule has 1 saturated carbocycles. The molecule has 16 heavy (non-hydrogen) atoms. The van der Waals surface area contributed by atoms with E-state index in [9.17, 15) is 14.0 Å². The van der Waals surface area contributed by atoms with Crippen LogP contribution >= 0.6 is 0 Å². The number of hydrogen-bond donors (Lipinski definition) is 1. The van der Waals surface area contributed by atoms with Gasteiger partial charge in [0.25, 0.3) is 0 Å². The highest BCUT2D eigenvalue weighted by atomic mass is 19.1. The van der Waals surface area contributed by atoms with Crippen LogP contribution < -0.4 is 0 Å². The minimum Gasteiger partial charge on any atom is -0.481 e. The van der Waals surface area contributed by atoms with Crippen molar-refractivity contribution in [3.63, 3.8) is 0 Å². The van der Waals surface area contributed by atoms with E-state index in [2.05, 4.69) is 0 Å². The number of hydrogen-bond acceptors (Lipinski definition) is 2. The van der Waals surface area contributed by atoms with E-state index in [-0.39, 0.29) is 5.56 Å². The molecule has 0 atom stereocenters. The predicted octanol–water partition coefficient (Wildman–Crippen LogP) is 2.06. The summed E-state index contributed by atoms with van der Waals surface area (Å²) in [5.41, 5.74) is -0.0145. The molecule has 1 aromatic rings.